The largest absolute Gasteiger partial charge is 0.394 e. The lowest BCUT2D eigenvalue weighted by molar-refractivity contribution is 0.0908. The minimum absolute atomic E-state index is 0.103. The number of aliphatic hydroxyl groups is 1. The first-order valence-electron chi connectivity index (χ1n) is 7.85. The van der Waals surface area contributed by atoms with Crippen LogP contribution in [-0.4, -0.2) is 44.4 Å². The predicted octanol–water partition coefficient (Wildman–Crippen LogP) is 1.36. The van der Waals surface area contributed by atoms with E-state index < -0.39 is 10.0 Å². The van der Waals surface area contributed by atoms with Crippen molar-refractivity contribution < 1.29 is 18.3 Å². The van der Waals surface area contributed by atoms with Crippen molar-refractivity contribution in [3.05, 3.63) is 29.8 Å². The third-order valence-electron chi connectivity index (χ3n) is 3.83. The Bertz CT molecular complexity index is 641. The summed E-state index contributed by atoms with van der Waals surface area (Å²) in [6, 6.07) is 6.24. The molecule has 1 aliphatic heterocycles. The number of benzene rings is 1. The molecule has 0 radical (unpaired) electrons. The Balaban J connectivity index is 2.05. The summed E-state index contributed by atoms with van der Waals surface area (Å²) in [5.41, 5.74) is 1.03. The third-order valence-corrected chi connectivity index (χ3v) is 5.70. The monoisotopic (exact) mass is 340 g/mol. The second-order valence-corrected chi connectivity index (χ2v) is 8.28. The molecule has 2 rings (SSSR count). The Morgan fingerprint density at radius 3 is 2.43 bits per heavy atom. The van der Waals surface area contributed by atoms with Crippen molar-refractivity contribution in [2.75, 3.05) is 23.2 Å². The normalized spacial score (nSPS) is 18.2. The lowest BCUT2D eigenvalue weighted by Crippen LogP contribution is -2.38. The molecule has 1 heterocycles. The van der Waals surface area contributed by atoms with Crippen LogP contribution in [0.5, 0.6) is 0 Å². The minimum Gasteiger partial charge on any atom is -0.394 e. The maximum Gasteiger partial charge on any atom is 0.251 e. The number of nitrogens with zero attached hydrogens (tertiary/aromatic N) is 1. The maximum atomic E-state index is 12.2. The summed E-state index contributed by atoms with van der Waals surface area (Å²) in [6.45, 7) is 4.43. The fourth-order valence-corrected chi connectivity index (χ4v) is 4.29. The number of nitrogens with one attached hydrogen (secondary N) is 1. The van der Waals surface area contributed by atoms with Crippen LogP contribution in [0.1, 0.15) is 37.0 Å². The molecule has 0 aliphatic carbocycles. The van der Waals surface area contributed by atoms with E-state index in [0.717, 1.165) is 0 Å². The molecule has 2 N–H and O–H groups in total. The molecule has 128 valence electrons. The Morgan fingerprint density at radius 1 is 1.30 bits per heavy atom. The minimum atomic E-state index is -3.21. The molecule has 1 aromatic rings. The number of hydrogen-bond donors (Lipinski definition) is 2. The van der Waals surface area contributed by atoms with Gasteiger partial charge in [-0.15, -0.1) is 0 Å². The average molecular weight is 340 g/mol. The zero-order chi connectivity index (χ0) is 17.0. The molecule has 1 saturated heterocycles. The number of anilines is 1. The fourth-order valence-electron chi connectivity index (χ4n) is 2.73. The van der Waals surface area contributed by atoms with Crippen LogP contribution in [0.15, 0.2) is 24.3 Å². The molecule has 6 nitrogen and oxygen atoms in total. The van der Waals surface area contributed by atoms with Crippen molar-refractivity contribution >= 4 is 21.6 Å². The molecule has 1 amide bonds. The summed E-state index contributed by atoms with van der Waals surface area (Å²) in [7, 11) is -3.21. The highest BCUT2D eigenvalue weighted by Crippen LogP contribution is 2.24. The topological polar surface area (TPSA) is 86.7 Å². The van der Waals surface area contributed by atoms with Crippen molar-refractivity contribution in [1.29, 1.82) is 0 Å². The zero-order valence-corrected chi connectivity index (χ0v) is 14.3. The van der Waals surface area contributed by atoms with Gasteiger partial charge < -0.3 is 10.4 Å². The molecule has 7 heteroatoms. The van der Waals surface area contributed by atoms with E-state index >= 15 is 0 Å². The summed E-state index contributed by atoms with van der Waals surface area (Å²) >= 11 is 0. The van der Waals surface area contributed by atoms with Gasteiger partial charge in [-0.3, -0.25) is 9.10 Å². The number of carbonyl (C=O) groups excluding carboxylic acids is 1. The molecular weight excluding hydrogens is 316 g/mol. The first kappa shape index (κ1) is 17.7. The van der Waals surface area contributed by atoms with E-state index in [2.05, 4.69) is 5.32 Å². The highest BCUT2D eigenvalue weighted by atomic mass is 32.2. The van der Waals surface area contributed by atoms with E-state index in [9.17, 15) is 18.3 Å². The van der Waals surface area contributed by atoms with Crippen molar-refractivity contribution in [2.24, 2.45) is 5.92 Å². The van der Waals surface area contributed by atoms with Gasteiger partial charge in [0.15, 0.2) is 0 Å². The molecule has 0 bridgehead atoms. The fraction of sp³-hybridized carbons (Fsp3) is 0.562. The summed E-state index contributed by atoms with van der Waals surface area (Å²) < 4.78 is 25.2. The molecule has 1 atom stereocenters. The van der Waals surface area contributed by atoms with Gasteiger partial charge in [0.05, 0.1) is 24.1 Å². The SMILES string of the molecule is CC(C)C[C@@H](CO)NC(=O)c1ccc(N2CCCS2(=O)=O)cc1. The Hall–Kier alpha value is -1.60. The smallest absolute Gasteiger partial charge is 0.251 e. The second kappa shape index (κ2) is 7.31. The standard InChI is InChI=1S/C16H24N2O4S/c1-12(2)10-14(11-19)17-16(20)13-4-6-15(7-5-13)18-8-3-9-23(18,21)22/h4-7,12,14,19H,3,8-11H2,1-2H3,(H,17,20)/t14-/m0/s1. The van der Waals surface area contributed by atoms with E-state index in [1.54, 1.807) is 24.3 Å². The molecule has 0 unspecified atom stereocenters. The van der Waals surface area contributed by atoms with Crippen LogP contribution in [-0.2, 0) is 10.0 Å². The highest BCUT2D eigenvalue weighted by molar-refractivity contribution is 7.93. The van der Waals surface area contributed by atoms with Gasteiger partial charge in [-0.2, -0.15) is 0 Å². The Labute approximate surface area is 137 Å². The van der Waals surface area contributed by atoms with Crippen LogP contribution < -0.4 is 9.62 Å². The van der Waals surface area contributed by atoms with Crippen LogP contribution in [0, 0.1) is 5.92 Å². The molecule has 1 aliphatic rings. The zero-order valence-electron chi connectivity index (χ0n) is 13.5. The number of amides is 1. The van der Waals surface area contributed by atoms with Crippen molar-refractivity contribution in [3.8, 4) is 0 Å². The number of hydrogen-bond acceptors (Lipinski definition) is 4. The number of sulfonamides is 1. The van der Waals surface area contributed by atoms with Crippen LogP contribution >= 0.6 is 0 Å². The number of rotatable bonds is 6. The van der Waals surface area contributed by atoms with Crippen LogP contribution in [0.25, 0.3) is 0 Å². The van der Waals surface area contributed by atoms with Gasteiger partial charge in [0.1, 0.15) is 0 Å². The molecular formula is C16H24N2O4S. The quantitative estimate of drug-likeness (QED) is 0.819. The highest BCUT2D eigenvalue weighted by Gasteiger charge is 2.28. The molecule has 1 fully saturated rings. The Morgan fingerprint density at radius 2 is 1.96 bits per heavy atom. The molecule has 23 heavy (non-hydrogen) atoms. The molecule has 1 aromatic carbocycles. The first-order valence-corrected chi connectivity index (χ1v) is 9.46. The number of carbonyl (C=O) groups is 1. The summed E-state index contributed by atoms with van der Waals surface area (Å²) in [4.78, 5) is 12.2. The van der Waals surface area contributed by atoms with Crippen molar-refractivity contribution in [1.82, 2.24) is 5.32 Å². The van der Waals surface area contributed by atoms with Crippen molar-refractivity contribution in [2.45, 2.75) is 32.7 Å². The first-order chi connectivity index (χ1) is 10.8. The second-order valence-electron chi connectivity index (χ2n) is 6.27. The van der Waals surface area contributed by atoms with Gasteiger partial charge in [-0.1, -0.05) is 13.8 Å². The van der Waals surface area contributed by atoms with Gasteiger partial charge in [0.25, 0.3) is 5.91 Å². The number of aliphatic hydroxyl groups excluding tert-OH is 1. The van der Waals surface area contributed by atoms with Crippen LogP contribution in [0.4, 0.5) is 5.69 Å². The van der Waals surface area contributed by atoms with Crippen LogP contribution in [0.2, 0.25) is 0 Å². The van der Waals surface area contributed by atoms with E-state index in [1.165, 1.54) is 4.31 Å². The van der Waals surface area contributed by atoms with E-state index in [-0.39, 0.29) is 24.3 Å². The summed E-state index contributed by atoms with van der Waals surface area (Å²) in [6.07, 6.45) is 1.32. The molecule has 0 saturated carbocycles. The van der Waals surface area contributed by atoms with E-state index in [4.69, 9.17) is 0 Å². The summed E-state index contributed by atoms with van der Waals surface area (Å²) in [5, 5.41) is 12.1. The van der Waals surface area contributed by atoms with Gasteiger partial charge in [0, 0.05) is 12.1 Å². The van der Waals surface area contributed by atoms with Gasteiger partial charge in [-0.05, 0) is 43.0 Å². The predicted molar refractivity (Wildman–Crippen MR) is 90.0 cm³/mol. The lowest BCUT2D eigenvalue weighted by Gasteiger charge is -2.19. The van der Waals surface area contributed by atoms with Gasteiger partial charge >= 0.3 is 0 Å². The Kier molecular flexibility index (Phi) is 5.64. The van der Waals surface area contributed by atoms with Crippen LogP contribution in [0.3, 0.4) is 0 Å². The molecule has 0 spiro atoms. The van der Waals surface area contributed by atoms with E-state index in [1.807, 2.05) is 13.8 Å². The maximum absolute atomic E-state index is 12.2. The molecule has 0 aromatic heterocycles. The summed E-state index contributed by atoms with van der Waals surface area (Å²) in [5.74, 6) is 0.276. The lowest BCUT2D eigenvalue weighted by atomic mass is 10.0. The van der Waals surface area contributed by atoms with Gasteiger partial charge in [-0.25, -0.2) is 8.42 Å². The van der Waals surface area contributed by atoms with Crippen molar-refractivity contribution in [3.63, 3.8) is 0 Å². The van der Waals surface area contributed by atoms with E-state index in [0.29, 0.717) is 36.6 Å². The average Bonchev–Trinajstić information content (AvgIpc) is 2.85. The van der Waals surface area contributed by atoms with Gasteiger partial charge in [0.2, 0.25) is 10.0 Å². The third kappa shape index (κ3) is 4.45.